The summed E-state index contributed by atoms with van der Waals surface area (Å²) < 4.78 is 0. The summed E-state index contributed by atoms with van der Waals surface area (Å²) in [6, 6.07) is 95.1. The van der Waals surface area contributed by atoms with E-state index in [-0.39, 0.29) is 16.2 Å². The van der Waals surface area contributed by atoms with Gasteiger partial charge in [0.25, 0.3) is 0 Å². The molecule has 1 aliphatic rings. The van der Waals surface area contributed by atoms with Crippen LogP contribution in [0.2, 0.25) is 0 Å². The first-order valence-electron chi connectivity index (χ1n) is 26.6. The van der Waals surface area contributed by atoms with Crippen LogP contribution in [-0.4, -0.2) is 0 Å². The van der Waals surface area contributed by atoms with E-state index in [1.165, 1.54) is 94.2 Å². The van der Waals surface area contributed by atoms with Gasteiger partial charge in [0.15, 0.2) is 0 Å². The van der Waals surface area contributed by atoms with Crippen LogP contribution >= 0.6 is 0 Å². The van der Waals surface area contributed by atoms with E-state index < -0.39 is 0 Å². The molecule has 0 fully saturated rings. The Bertz CT molecular complexity index is 3880. The number of fused-ring (bicyclic) bond motifs is 4. The minimum Gasteiger partial charge on any atom is -0.309 e. The molecule has 1 aliphatic carbocycles. The van der Waals surface area contributed by atoms with Gasteiger partial charge in [0.05, 0.1) is 17.1 Å². The Morgan fingerprint density at radius 2 is 0.720 bits per heavy atom. The van der Waals surface area contributed by atoms with Gasteiger partial charge < -0.3 is 4.90 Å². The molecule has 0 saturated heterocycles. The predicted octanol–water partition coefficient (Wildman–Crippen LogP) is 20.6. The third-order valence-corrected chi connectivity index (χ3v) is 15.9. The molecule has 1 unspecified atom stereocenters. The Hall–Kier alpha value is -8.52. The average molecular weight is 966 g/mol. The second-order valence-electron chi connectivity index (χ2n) is 22.6. The van der Waals surface area contributed by atoms with Crippen molar-refractivity contribution in [3.05, 3.63) is 283 Å². The minimum atomic E-state index is -0.389. The number of hydrogen-bond acceptors (Lipinski definition) is 1. The van der Waals surface area contributed by atoms with Gasteiger partial charge >= 0.3 is 0 Å². The quantitative estimate of drug-likeness (QED) is 0.139. The van der Waals surface area contributed by atoms with Crippen molar-refractivity contribution >= 4 is 27.8 Å². The summed E-state index contributed by atoms with van der Waals surface area (Å²) in [5.41, 5.74) is 23.9. The first kappa shape index (κ1) is 47.5. The smallest absolute Gasteiger partial charge is 0.0543 e. The van der Waals surface area contributed by atoms with Crippen molar-refractivity contribution in [1.82, 2.24) is 0 Å². The van der Waals surface area contributed by atoms with Crippen molar-refractivity contribution in [1.29, 1.82) is 0 Å². The number of anilines is 3. The molecule has 11 aromatic carbocycles. The number of hydrogen-bond donors (Lipinski definition) is 0. The topological polar surface area (TPSA) is 3.24 Å². The standard InChI is InChI=1S/C74H63N/c1-72(2,3)54-47-52(48-55(49-54)73(4,5)6)57-40-24-29-51-30-25-41-63(70(51)57)62-38-20-23-45-68(62)75(69-46-26-43-66-71(69)64-39-18-21-42-65(64)74(66,7)53-31-12-9-13-32-53)67-44-22-19-37-61(67)60-36-17-16-35-59(60)58-34-15-14-33-56(58)50-27-10-8-11-28-50/h8-49H,1-7H3. The van der Waals surface area contributed by atoms with Crippen LogP contribution in [0.1, 0.15) is 76.3 Å². The van der Waals surface area contributed by atoms with Crippen LogP contribution < -0.4 is 4.90 Å². The molecule has 0 bridgehead atoms. The van der Waals surface area contributed by atoms with Crippen molar-refractivity contribution in [3.8, 4) is 66.8 Å². The molecule has 0 spiro atoms. The van der Waals surface area contributed by atoms with Crippen LogP contribution in [0.15, 0.2) is 255 Å². The summed E-state index contributed by atoms with van der Waals surface area (Å²) >= 11 is 0. The lowest BCUT2D eigenvalue weighted by Gasteiger charge is -2.33. The maximum Gasteiger partial charge on any atom is 0.0543 e. The SMILES string of the molecule is CC(C)(C)c1cc(-c2cccc3cccc(-c4ccccc4N(c4ccccc4-c4ccccc4-c4ccccc4-c4ccccc4)c4cccc5c4-c4ccccc4C5(C)c4ccccc4)c23)cc(C(C)(C)C)c1. The van der Waals surface area contributed by atoms with Crippen LogP contribution in [-0.2, 0) is 16.2 Å². The predicted molar refractivity (Wildman–Crippen MR) is 321 cm³/mol. The minimum absolute atomic E-state index is 0.0304. The highest BCUT2D eigenvalue weighted by molar-refractivity contribution is 6.10. The Morgan fingerprint density at radius 1 is 0.307 bits per heavy atom. The van der Waals surface area contributed by atoms with Gasteiger partial charge in [-0.15, -0.1) is 0 Å². The second-order valence-corrected chi connectivity index (χ2v) is 22.6. The largest absolute Gasteiger partial charge is 0.309 e. The zero-order valence-corrected chi connectivity index (χ0v) is 44.2. The van der Waals surface area contributed by atoms with Crippen LogP contribution in [0.4, 0.5) is 17.1 Å². The molecular formula is C74H63N. The molecular weight excluding hydrogens is 903 g/mol. The molecule has 1 atom stereocenters. The van der Waals surface area contributed by atoms with Crippen LogP contribution in [0.3, 0.4) is 0 Å². The lowest BCUT2D eigenvalue weighted by molar-refractivity contribution is 0.569. The molecule has 0 radical (unpaired) electrons. The molecule has 1 heteroatoms. The van der Waals surface area contributed by atoms with Crippen LogP contribution in [0, 0.1) is 0 Å². The van der Waals surface area contributed by atoms with Gasteiger partial charge in [0.1, 0.15) is 0 Å². The van der Waals surface area contributed by atoms with Gasteiger partial charge in [-0.05, 0) is 125 Å². The molecule has 0 aliphatic heterocycles. The van der Waals surface area contributed by atoms with E-state index in [4.69, 9.17) is 0 Å². The lowest BCUT2D eigenvalue weighted by atomic mass is 9.74. The zero-order valence-electron chi connectivity index (χ0n) is 44.2. The Balaban J connectivity index is 1.16. The first-order chi connectivity index (χ1) is 36.4. The fourth-order valence-electron chi connectivity index (χ4n) is 12.0. The van der Waals surface area contributed by atoms with Crippen molar-refractivity contribution in [2.45, 2.75) is 64.7 Å². The average Bonchev–Trinajstić information content (AvgIpc) is 3.72. The fraction of sp³-hybridized carbons (Fsp3) is 0.135. The molecule has 12 rings (SSSR count). The van der Waals surface area contributed by atoms with E-state index >= 15 is 0 Å². The van der Waals surface area contributed by atoms with Gasteiger partial charge in [-0.3, -0.25) is 0 Å². The highest BCUT2D eigenvalue weighted by Gasteiger charge is 2.43. The third kappa shape index (κ3) is 8.28. The Labute approximate surface area is 444 Å². The number of para-hydroxylation sites is 2. The molecule has 0 N–H and O–H groups in total. The van der Waals surface area contributed by atoms with Crippen molar-refractivity contribution in [2.75, 3.05) is 4.90 Å². The molecule has 0 saturated carbocycles. The summed E-state index contributed by atoms with van der Waals surface area (Å²) in [7, 11) is 0. The highest BCUT2D eigenvalue weighted by Crippen LogP contribution is 2.58. The van der Waals surface area contributed by atoms with Crippen LogP contribution in [0.5, 0.6) is 0 Å². The van der Waals surface area contributed by atoms with Crippen LogP contribution in [0.25, 0.3) is 77.5 Å². The number of rotatable bonds is 9. The number of nitrogens with zero attached hydrogens (tertiary/aromatic N) is 1. The summed E-state index contributed by atoms with van der Waals surface area (Å²) in [6.45, 7) is 16.4. The summed E-state index contributed by atoms with van der Waals surface area (Å²) in [5, 5.41) is 2.46. The second kappa shape index (κ2) is 18.8. The lowest BCUT2D eigenvalue weighted by Crippen LogP contribution is -2.22. The van der Waals surface area contributed by atoms with E-state index in [9.17, 15) is 0 Å². The maximum absolute atomic E-state index is 2.59. The van der Waals surface area contributed by atoms with E-state index in [0.29, 0.717) is 0 Å². The fourth-order valence-corrected chi connectivity index (χ4v) is 12.0. The molecule has 0 aromatic heterocycles. The molecule has 364 valence electrons. The molecule has 0 amide bonds. The highest BCUT2D eigenvalue weighted by atomic mass is 15.2. The summed E-state index contributed by atoms with van der Waals surface area (Å²) in [4.78, 5) is 2.59. The monoisotopic (exact) mass is 965 g/mol. The van der Waals surface area contributed by atoms with E-state index in [1.54, 1.807) is 0 Å². The van der Waals surface area contributed by atoms with Gasteiger partial charge in [0.2, 0.25) is 0 Å². The van der Waals surface area contributed by atoms with Gasteiger partial charge in [-0.2, -0.15) is 0 Å². The first-order valence-corrected chi connectivity index (χ1v) is 26.6. The summed E-state index contributed by atoms with van der Waals surface area (Å²) in [6.07, 6.45) is 0. The Morgan fingerprint density at radius 3 is 1.32 bits per heavy atom. The van der Waals surface area contributed by atoms with E-state index in [0.717, 1.165) is 28.2 Å². The summed E-state index contributed by atoms with van der Waals surface area (Å²) in [5.74, 6) is 0. The van der Waals surface area contributed by atoms with Crippen molar-refractivity contribution in [2.24, 2.45) is 0 Å². The van der Waals surface area contributed by atoms with Gasteiger partial charge in [0, 0.05) is 22.1 Å². The van der Waals surface area contributed by atoms with E-state index in [1.807, 2.05) is 0 Å². The maximum atomic E-state index is 2.59. The number of benzene rings is 11. The van der Waals surface area contributed by atoms with Crippen molar-refractivity contribution in [3.63, 3.8) is 0 Å². The normalized spacial score (nSPS) is 14.1. The molecule has 75 heavy (non-hydrogen) atoms. The Kier molecular flexibility index (Phi) is 11.9. The van der Waals surface area contributed by atoms with Gasteiger partial charge in [-0.1, -0.05) is 278 Å². The molecule has 1 nitrogen and oxygen atoms in total. The zero-order chi connectivity index (χ0) is 51.5. The molecule has 0 heterocycles. The third-order valence-electron chi connectivity index (χ3n) is 15.9. The van der Waals surface area contributed by atoms with Crippen molar-refractivity contribution < 1.29 is 0 Å². The molecule has 11 aromatic rings. The van der Waals surface area contributed by atoms with Gasteiger partial charge in [-0.25, -0.2) is 0 Å². The van der Waals surface area contributed by atoms with E-state index in [2.05, 4.69) is 308 Å².